The Bertz CT molecular complexity index is 1900. The number of nitrogens with zero attached hydrogens (tertiary/aromatic N) is 8. The van der Waals surface area contributed by atoms with Crippen LogP contribution < -0.4 is 0 Å². The zero-order chi connectivity index (χ0) is 24.4. The van der Waals surface area contributed by atoms with Crippen LogP contribution in [0.25, 0.3) is 59.8 Å². The van der Waals surface area contributed by atoms with Gasteiger partial charge in [0.2, 0.25) is 5.65 Å². The molecule has 0 radical (unpaired) electrons. The predicted octanol–water partition coefficient (Wildman–Crippen LogP) is 6.05. The first kappa shape index (κ1) is 21.2. The van der Waals surface area contributed by atoms with E-state index in [0.29, 0.717) is 17.3 Å². The number of thiophene rings is 1. The van der Waals surface area contributed by atoms with Crippen molar-refractivity contribution in [2.75, 3.05) is 0 Å². The molecule has 178 valence electrons. The molecule has 0 aliphatic rings. The molecule has 8 nitrogen and oxygen atoms in total. The van der Waals surface area contributed by atoms with Gasteiger partial charge in [-0.15, -0.1) is 21.5 Å². The third-order valence-electron chi connectivity index (χ3n) is 6.54. The molecule has 36 heavy (non-hydrogen) atoms. The molecule has 0 bridgehead atoms. The standard InChI is InChI=1S/C27H24N8S/c1-4-33-20-8-6-5-7-18(20)19-13-17(9-10-21(19)33)22-11-12-23(36-22)24-25-26(32-34(31-25)14-16(2)3)35-27(30-24)28-15-29-35/h5-13,15-16H,4,14H2,1-3H3. The Kier molecular flexibility index (Phi) is 4.69. The number of aryl methyl sites for hydroxylation is 1. The molecule has 0 spiro atoms. The summed E-state index contributed by atoms with van der Waals surface area (Å²) in [6.45, 7) is 8.17. The molecule has 5 heterocycles. The molecular formula is C27H24N8S. The van der Waals surface area contributed by atoms with Crippen LogP contribution in [-0.4, -0.2) is 39.1 Å². The summed E-state index contributed by atoms with van der Waals surface area (Å²) in [6, 6.07) is 19.7. The van der Waals surface area contributed by atoms with Gasteiger partial charge in [0.15, 0.2) is 5.52 Å². The van der Waals surface area contributed by atoms with Crippen molar-refractivity contribution in [3.63, 3.8) is 0 Å². The van der Waals surface area contributed by atoms with E-state index < -0.39 is 0 Å². The summed E-state index contributed by atoms with van der Waals surface area (Å²) in [5.74, 6) is 0.953. The fourth-order valence-corrected chi connectivity index (χ4v) is 5.99. The zero-order valence-corrected chi connectivity index (χ0v) is 21.1. The van der Waals surface area contributed by atoms with Gasteiger partial charge in [-0.3, -0.25) is 0 Å². The summed E-state index contributed by atoms with van der Waals surface area (Å²) in [5.41, 5.74) is 5.94. The Morgan fingerprint density at radius 3 is 2.61 bits per heavy atom. The molecule has 0 N–H and O–H groups in total. The average molecular weight is 493 g/mol. The maximum absolute atomic E-state index is 4.82. The van der Waals surface area contributed by atoms with E-state index in [1.54, 1.807) is 20.6 Å². The van der Waals surface area contributed by atoms with Gasteiger partial charge in [0.25, 0.3) is 5.78 Å². The molecule has 0 amide bonds. The number of para-hydroxylation sites is 1. The molecule has 0 aliphatic carbocycles. The lowest BCUT2D eigenvalue weighted by Gasteiger charge is -2.03. The van der Waals surface area contributed by atoms with Gasteiger partial charge in [-0.05, 0) is 48.7 Å². The number of rotatable bonds is 5. The highest BCUT2D eigenvalue weighted by molar-refractivity contribution is 7.18. The second-order valence-electron chi connectivity index (χ2n) is 9.41. The highest BCUT2D eigenvalue weighted by atomic mass is 32.1. The molecule has 0 fully saturated rings. The Labute approximate surface area is 210 Å². The van der Waals surface area contributed by atoms with Gasteiger partial charge in [0, 0.05) is 33.2 Å². The van der Waals surface area contributed by atoms with E-state index in [-0.39, 0.29) is 0 Å². The van der Waals surface area contributed by atoms with Crippen molar-refractivity contribution in [3.8, 4) is 21.0 Å². The lowest BCUT2D eigenvalue weighted by molar-refractivity contribution is 0.441. The number of hydrogen-bond acceptors (Lipinski definition) is 6. The maximum atomic E-state index is 4.82. The van der Waals surface area contributed by atoms with Crippen molar-refractivity contribution in [1.29, 1.82) is 0 Å². The Hall–Kier alpha value is -4.11. The first-order valence-corrected chi connectivity index (χ1v) is 13.0. The van der Waals surface area contributed by atoms with Crippen molar-refractivity contribution in [2.24, 2.45) is 5.92 Å². The van der Waals surface area contributed by atoms with Gasteiger partial charge in [-0.25, -0.2) is 4.98 Å². The molecule has 0 atom stereocenters. The minimum absolute atomic E-state index is 0.427. The van der Waals surface area contributed by atoms with Crippen molar-refractivity contribution >= 4 is 50.1 Å². The van der Waals surface area contributed by atoms with Crippen molar-refractivity contribution in [3.05, 3.63) is 60.9 Å². The SMILES string of the molecule is CCn1c2ccccc2c2cc(-c3ccc(-c4nc5ncnn5c5nn(CC(C)C)nc45)s3)ccc21. The van der Waals surface area contributed by atoms with E-state index in [2.05, 4.69) is 90.0 Å². The average Bonchev–Trinajstić information content (AvgIpc) is 3.66. The van der Waals surface area contributed by atoms with Gasteiger partial charge >= 0.3 is 0 Å². The number of aromatic nitrogens is 8. The first-order chi connectivity index (χ1) is 17.6. The van der Waals surface area contributed by atoms with Crippen LogP contribution in [0.1, 0.15) is 20.8 Å². The second-order valence-corrected chi connectivity index (χ2v) is 10.5. The summed E-state index contributed by atoms with van der Waals surface area (Å²) < 4.78 is 4.04. The van der Waals surface area contributed by atoms with Crippen LogP contribution >= 0.6 is 11.3 Å². The molecule has 0 aliphatic heterocycles. The highest BCUT2D eigenvalue weighted by Crippen LogP contribution is 2.38. The topological polar surface area (TPSA) is 78.7 Å². The number of hydrogen-bond donors (Lipinski definition) is 0. The smallest absolute Gasteiger partial charge is 0.254 e. The fourth-order valence-electron chi connectivity index (χ4n) is 5.00. The molecular weight excluding hydrogens is 468 g/mol. The second kappa shape index (κ2) is 7.96. The van der Waals surface area contributed by atoms with Crippen LogP contribution in [0.4, 0.5) is 0 Å². The van der Waals surface area contributed by atoms with Crippen molar-refractivity contribution in [2.45, 2.75) is 33.9 Å². The highest BCUT2D eigenvalue weighted by Gasteiger charge is 2.19. The van der Waals surface area contributed by atoms with Crippen LogP contribution in [0.5, 0.6) is 0 Å². The van der Waals surface area contributed by atoms with Gasteiger partial charge < -0.3 is 4.57 Å². The lowest BCUT2D eigenvalue weighted by Crippen LogP contribution is -2.07. The van der Waals surface area contributed by atoms with Gasteiger partial charge in [-0.2, -0.15) is 19.4 Å². The molecule has 7 rings (SSSR count). The molecule has 9 heteroatoms. The summed E-state index contributed by atoms with van der Waals surface area (Å²) in [6.07, 6.45) is 1.51. The third kappa shape index (κ3) is 3.16. The molecule has 7 aromatic rings. The Morgan fingerprint density at radius 1 is 0.917 bits per heavy atom. The third-order valence-corrected chi connectivity index (χ3v) is 7.69. The Morgan fingerprint density at radius 2 is 1.75 bits per heavy atom. The van der Waals surface area contributed by atoms with E-state index in [4.69, 9.17) is 15.2 Å². The quantitative estimate of drug-likeness (QED) is 0.292. The number of benzene rings is 2. The van der Waals surface area contributed by atoms with E-state index in [9.17, 15) is 0 Å². The Balaban J connectivity index is 1.37. The van der Waals surface area contributed by atoms with Crippen LogP contribution in [0.3, 0.4) is 0 Å². The summed E-state index contributed by atoms with van der Waals surface area (Å²) in [5, 5.41) is 16.4. The summed E-state index contributed by atoms with van der Waals surface area (Å²) in [7, 11) is 0. The van der Waals surface area contributed by atoms with Crippen LogP contribution in [0.15, 0.2) is 60.9 Å². The molecule has 0 saturated carbocycles. The van der Waals surface area contributed by atoms with Crippen LogP contribution in [0.2, 0.25) is 0 Å². The van der Waals surface area contributed by atoms with E-state index in [1.165, 1.54) is 38.6 Å². The molecule has 2 aromatic carbocycles. The number of fused-ring (bicyclic) bond motifs is 6. The van der Waals surface area contributed by atoms with Crippen molar-refractivity contribution < 1.29 is 0 Å². The van der Waals surface area contributed by atoms with Crippen LogP contribution in [0, 0.1) is 5.92 Å². The fraction of sp³-hybridized carbons (Fsp3) is 0.222. The van der Waals surface area contributed by atoms with E-state index in [0.717, 1.165) is 29.2 Å². The van der Waals surface area contributed by atoms with Gasteiger partial charge in [-0.1, -0.05) is 38.1 Å². The van der Waals surface area contributed by atoms with Crippen molar-refractivity contribution in [1.82, 2.24) is 39.1 Å². The minimum Gasteiger partial charge on any atom is -0.341 e. The molecule has 0 unspecified atom stereocenters. The maximum Gasteiger partial charge on any atom is 0.254 e. The normalized spacial score (nSPS) is 12.2. The first-order valence-electron chi connectivity index (χ1n) is 12.2. The van der Waals surface area contributed by atoms with Gasteiger partial charge in [0.1, 0.15) is 12.0 Å². The van der Waals surface area contributed by atoms with E-state index >= 15 is 0 Å². The predicted molar refractivity (Wildman–Crippen MR) is 144 cm³/mol. The van der Waals surface area contributed by atoms with Gasteiger partial charge in [0.05, 0.1) is 11.4 Å². The monoisotopic (exact) mass is 492 g/mol. The molecule has 5 aromatic heterocycles. The van der Waals surface area contributed by atoms with E-state index in [1.807, 2.05) is 0 Å². The molecule has 0 saturated heterocycles. The lowest BCUT2D eigenvalue weighted by atomic mass is 10.1. The summed E-state index contributed by atoms with van der Waals surface area (Å²) >= 11 is 1.71. The zero-order valence-electron chi connectivity index (χ0n) is 20.3. The summed E-state index contributed by atoms with van der Waals surface area (Å²) in [4.78, 5) is 13.1. The minimum atomic E-state index is 0.427. The largest absolute Gasteiger partial charge is 0.341 e. The van der Waals surface area contributed by atoms with Crippen LogP contribution in [-0.2, 0) is 13.1 Å².